The molecule has 3 aromatic heterocycles. The Morgan fingerprint density at radius 2 is 1.96 bits per heavy atom. The predicted molar refractivity (Wildman–Crippen MR) is 105 cm³/mol. The summed E-state index contributed by atoms with van der Waals surface area (Å²) in [6, 6.07) is 8.23. The Balaban J connectivity index is 1.34. The van der Waals surface area contributed by atoms with E-state index in [-0.39, 0.29) is 6.10 Å². The number of ether oxygens (including phenoxy) is 1. The molecule has 5 rings (SSSR count). The van der Waals surface area contributed by atoms with Crippen LogP contribution in [0.25, 0.3) is 21.9 Å². The van der Waals surface area contributed by atoms with E-state index in [1.165, 1.54) is 0 Å². The van der Waals surface area contributed by atoms with Gasteiger partial charge in [0.05, 0.1) is 11.6 Å². The summed E-state index contributed by atoms with van der Waals surface area (Å²) < 4.78 is 8.14. The summed E-state index contributed by atoms with van der Waals surface area (Å²) in [5.74, 6) is 2.72. The highest BCUT2D eigenvalue weighted by Gasteiger charge is 2.24. The molecule has 0 spiro atoms. The fourth-order valence-electron chi connectivity index (χ4n) is 3.88. The van der Waals surface area contributed by atoms with Gasteiger partial charge in [-0.3, -0.25) is 4.68 Å². The van der Waals surface area contributed by atoms with E-state index in [9.17, 15) is 0 Å². The van der Waals surface area contributed by atoms with Crippen LogP contribution in [0.3, 0.4) is 0 Å². The van der Waals surface area contributed by atoms with E-state index in [1.807, 2.05) is 32.4 Å². The molecular weight excluding hydrogens is 340 g/mol. The summed E-state index contributed by atoms with van der Waals surface area (Å²) >= 11 is 0. The standard InChI is InChI=1S/C20H22N6O/c1-13-23-19-16(12-22-25(19)2)20(24-13)26-10-7-14(8-11-26)27-18-5-3-4-17-15(18)6-9-21-17/h3-6,9,12,14,21H,7-8,10-11H2,1-2H3. The number of hydrogen-bond donors (Lipinski definition) is 1. The molecule has 1 aliphatic rings. The average molecular weight is 362 g/mol. The molecule has 138 valence electrons. The molecule has 7 heteroatoms. The first-order chi connectivity index (χ1) is 13.2. The van der Waals surface area contributed by atoms with Crippen molar-refractivity contribution in [3.8, 4) is 5.75 Å². The van der Waals surface area contributed by atoms with Crippen molar-refractivity contribution in [2.75, 3.05) is 18.0 Å². The number of nitrogens with one attached hydrogen (secondary N) is 1. The average Bonchev–Trinajstić information content (AvgIpc) is 3.30. The summed E-state index contributed by atoms with van der Waals surface area (Å²) in [6.07, 6.45) is 5.96. The number of rotatable bonds is 3. The monoisotopic (exact) mass is 362 g/mol. The fraction of sp³-hybridized carbons (Fsp3) is 0.350. The van der Waals surface area contributed by atoms with Crippen LogP contribution in [0.5, 0.6) is 5.75 Å². The Kier molecular flexibility index (Phi) is 3.74. The highest BCUT2D eigenvalue weighted by Crippen LogP contribution is 2.30. The van der Waals surface area contributed by atoms with Crippen molar-refractivity contribution >= 4 is 27.8 Å². The van der Waals surface area contributed by atoms with Gasteiger partial charge in [0.25, 0.3) is 0 Å². The minimum atomic E-state index is 0.217. The van der Waals surface area contributed by atoms with Crippen molar-refractivity contribution in [2.24, 2.45) is 7.05 Å². The van der Waals surface area contributed by atoms with E-state index >= 15 is 0 Å². The second-order valence-corrected chi connectivity index (χ2v) is 7.10. The number of nitrogens with zero attached hydrogens (tertiary/aromatic N) is 5. The van der Waals surface area contributed by atoms with Crippen LogP contribution < -0.4 is 9.64 Å². The third-order valence-corrected chi connectivity index (χ3v) is 5.27. The van der Waals surface area contributed by atoms with Gasteiger partial charge >= 0.3 is 0 Å². The second kappa shape index (κ2) is 6.26. The number of anilines is 1. The Morgan fingerprint density at radius 3 is 2.81 bits per heavy atom. The number of aryl methyl sites for hydroxylation is 2. The van der Waals surface area contributed by atoms with Gasteiger partial charge in [-0.05, 0) is 25.1 Å². The van der Waals surface area contributed by atoms with Gasteiger partial charge in [0, 0.05) is 50.1 Å². The van der Waals surface area contributed by atoms with E-state index in [2.05, 4.69) is 38.2 Å². The van der Waals surface area contributed by atoms with Gasteiger partial charge in [0.2, 0.25) is 0 Å². The molecule has 0 amide bonds. The zero-order valence-corrected chi connectivity index (χ0v) is 15.5. The van der Waals surface area contributed by atoms with Gasteiger partial charge in [-0.15, -0.1) is 0 Å². The molecule has 4 aromatic rings. The molecule has 1 N–H and O–H groups in total. The third-order valence-electron chi connectivity index (χ3n) is 5.27. The zero-order valence-electron chi connectivity index (χ0n) is 15.5. The van der Waals surface area contributed by atoms with E-state index in [0.717, 1.165) is 65.3 Å². The van der Waals surface area contributed by atoms with Crippen molar-refractivity contribution < 1.29 is 4.74 Å². The lowest BCUT2D eigenvalue weighted by Crippen LogP contribution is -2.39. The summed E-state index contributed by atoms with van der Waals surface area (Å²) in [7, 11) is 1.92. The van der Waals surface area contributed by atoms with Crippen LogP contribution in [-0.4, -0.2) is 43.9 Å². The van der Waals surface area contributed by atoms with Crippen LogP contribution in [0.2, 0.25) is 0 Å². The van der Waals surface area contributed by atoms with E-state index < -0.39 is 0 Å². The lowest BCUT2D eigenvalue weighted by Gasteiger charge is -2.33. The molecule has 1 saturated heterocycles. The van der Waals surface area contributed by atoms with E-state index in [4.69, 9.17) is 9.72 Å². The topological polar surface area (TPSA) is 71.9 Å². The Labute approximate surface area is 157 Å². The van der Waals surface area contributed by atoms with Gasteiger partial charge in [0.1, 0.15) is 23.5 Å². The minimum absolute atomic E-state index is 0.217. The van der Waals surface area contributed by atoms with Gasteiger partial charge in [-0.25, -0.2) is 9.97 Å². The Hall–Kier alpha value is -3.09. The van der Waals surface area contributed by atoms with Gasteiger partial charge < -0.3 is 14.6 Å². The number of piperidine rings is 1. The SMILES string of the molecule is Cc1nc(N2CCC(Oc3cccc4[nH]ccc34)CC2)c2cnn(C)c2n1. The zero-order chi connectivity index (χ0) is 18.4. The lowest BCUT2D eigenvalue weighted by molar-refractivity contribution is 0.173. The predicted octanol–water partition coefficient (Wildman–Crippen LogP) is 3.20. The van der Waals surface area contributed by atoms with Crippen LogP contribution >= 0.6 is 0 Å². The number of benzene rings is 1. The molecule has 0 unspecified atom stereocenters. The molecular formula is C20H22N6O. The first-order valence-electron chi connectivity index (χ1n) is 9.33. The molecule has 1 aromatic carbocycles. The maximum atomic E-state index is 6.33. The van der Waals surface area contributed by atoms with Crippen molar-refractivity contribution in [3.05, 3.63) is 42.5 Å². The highest BCUT2D eigenvalue weighted by atomic mass is 16.5. The number of aromatic nitrogens is 5. The molecule has 1 fully saturated rings. The van der Waals surface area contributed by atoms with Gasteiger partial charge in [0.15, 0.2) is 5.65 Å². The number of aromatic amines is 1. The van der Waals surface area contributed by atoms with Crippen LogP contribution in [0.15, 0.2) is 36.7 Å². The summed E-state index contributed by atoms with van der Waals surface area (Å²) in [4.78, 5) is 14.8. The quantitative estimate of drug-likeness (QED) is 0.606. The minimum Gasteiger partial charge on any atom is -0.490 e. The maximum absolute atomic E-state index is 6.33. The molecule has 4 heterocycles. The fourth-order valence-corrected chi connectivity index (χ4v) is 3.88. The summed E-state index contributed by atoms with van der Waals surface area (Å²) in [6.45, 7) is 3.76. The Bertz CT molecular complexity index is 1110. The van der Waals surface area contributed by atoms with Crippen LogP contribution in [0, 0.1) is 6.92 Å². The van der Waals surface area contributed by atoms with Crippen LogP contribution in [0.4, 0.5) is 5.82 Å². The van der Waals surface area contributed by atoms with Crippen molar-refractivity contribution in [1.82, 2.24) is 24.7 Å². The smallest absolute Gasteiger partial charge is 0.163 e. The molecule has 27 heavy (non-hydrogen) atoms. The maximum Gasteiger partial charge on any atom is 0.163 e. The molecule has 7 nitrogen and oxygen atoms in total. The van der Waals surface area contributed by atoms with Gasteiger partial charge in [-0.1, -0.05) is 6.07 Å². The number of fused-ring (bicyclic) bond motifs is 2. The van der Waals surface area contributed by atoms with Crippen LogP contribution in [-0.2, 0) is 7.05 Å². The summed E-state index contributed by atoms with van der Waals surface area (Å²) in [5.41, 5.74) is 2.00. The number of H-pyrrole nitrogens is 1. The molecule has 0 aliphatic carbocycles. The number of hydrogen-bond acceptors (Lipinski definition) is 5. The molecule has 0 atom stereocenters. The normalized spacial score (nSPS) is 15.7. The highest BCUT2D eigenvalue weighted by molar-refractivity contribution is 5.87. The third kappa shape index (κ3) is 2.79. The molecule has 0 radical (unpaired) electrons. The largest absolute Gasteiger partial charge is 0.490 e. The van der Waals surface area contributed by atoms with Crippen molar-refractivity contribution in [1.29, 1.82) is 0 Å². The Morgan fingerprint density at radius 1 is 1.11 bits per heavy atom. The first kappa shape index (κ1) is 16.1. The second-order valence-electron chi connectivity index (χ2n) is 7.10. The first-order valence-corrected chi connectivity index (χ1v) is 9.33. The van der Waals surface area contributed by atoms with Gasteiger partial charge in [-0.2, -0.15) is 5.10 Å². The summed E-state index contributed by atoms with van der Waals surface area (Å²) in [5, 5.41) is 6.50. The van der Waals surface area contributed by atoms with Crippen LogP contribution in [0.1, 0.15) is 18.7 Å². The molecule has 0 bridgehead atoms. The molecule has 0 saturated carbocycles. The van der Waals surface area contributed by atoms with Crippen molar-refractivity contribution in [2.45, 2.75) is 25.9 Å². The van der Waals surface area contributed by atoms with E-state index in [0.29, 0.717) is 0 Å². The van der Waals surface area contributed by atoms with E-state index in [1.54, 1.807) is 4.68 Å². The lowest BCUT2D eigenvalue weighted by atomic mass is 10.1. The molecule has 1 aliphatic heterocycles. The van der Waals surface area contributed by atoms with Crippen molar-refractivity contribution in [3.63, 3.8) is 0 Å².